The molecule has 0 aromatic carbocycles. The molecule has 18 heavy (non-hydrogen) atoms. The van der Waals surface area contributed by atoms with Crippen LogP contribution in [0.5, 0.6) is 0 Å². The van der Waals surface area contributed by atoms with E-state index >= 15 is 0 Å². The molecule has 0 spiro atoms. The van der Waals surface area contributed by atoms with Crippen molar-refractivity contribution in [3.05, 3.63) is 16.4 Å². The van der Waals surface area contributed by atoms with E-state index in [1.807, 2.05) is 14.0 Å². The van der Waals surface area contributed by atoms with Gasteiger partial charge >= 0.3 is 0 Å². The molecule has 0 saturated carbocycles. The lowest BCUT2D eigenvalue weighted by molar-refractivity contribution is 0.358. The van der Waals surface area contributed by atoms with Gasteiger partial charge in [-0.25, -0.2) is 0 Å². The second kappa shape index (κ2) is 7.12. The summed E-state index contributed by atoms with van der Waals surface area (Å²) in [6.45, 7) is 6.22. The minimum Gasteiger partial charge on any atom is -0.314 e. The summed E-state index contributed by atoms with van der Waals surface area (Å²) in [6, 6.07) is 0.456. The van der Waals surface area contributed by atoms with E-state index in [2.05, 4.69) is 36.3 Å². The fraction of sp³-hybridized carbons (Fsp3) is 0.769. The number of aromatic nitrogens is 2. The number of aryl methyl sites for hydroxylation is 2. The third kappa shape index (κ3) is 4.26. The summed E-state index contributed by atoms with van der Waals surface area (Å²) in [5, 5.41) is 8.66. The number of likely N-dealkylation sites (N-methyl/N-ethyl adjacent to an activating group) is 1. The van der Waals surface area contributed by atoms with Gasteiger partial charge in [0.25, 0.3) is 0 Å². The summed E-state index contributed by atoms with van der Waals surface area (Å²) in [7, 11) is 6.09. The lowest BCUT2D eigenvalue weighted by atomic mass is 10.0. The Bertz CT molecular complexity index is 373. The molecule has 0 amide bonds. The molecule has 1 N–H and O–H groups in total. The van der Waals surface area contributed by atoms with E-state index in [0.717, 1.165) is 36.8 Å². The molecule has 0 aliphatic carbocycles. The first-order valence-corrected chi connectivity index (χ1v) is 6.89. The highest BCUT2D eigenvalue weighted by Crippen LogP contribution is 2.21. The predicted octanol–water partition coefficient (Wildman–Crippen LogP) is 1.85. The monoisotopic (exact) mass is 272 g/mol. The average molecular weight is 273 g/mol. The maximum atomic E-state index is 6.28. The van der Waals surface area contributed by atoms with Gasteiger partial charge in [0.05, 0.1) is 5.69 Å². The summed E-state index contributed by atoms with van der Waals surface area (Å²) in [4.78, 5) is 2.21. The first-order valence-electron chi connectivity index (χ1n) is 6.51. The largest absolute Gasteiger partial charge is 0.314 e. The van der Waals surface area contributed by atoms with Crippen LogP contribution in [-0.2, 0) is 13.5 Å². The highest BCUT2D eigenvalue weighted by Gasteiger charge is 2.16. The van der Waals surface area contributed by atoms with Gasteiger partial charge in [-0.3, -0.25) is 4.68 Å². The van der Waals surface area contributed by atoms with E-state index in [1.165, 1.54) is 5.56 Å². The molecule has 1 heterocycles. The van der Waals surface area contributed by atoms with Crippen LogP contribution in [0.25, 0.3) is 0 Å². The minimum absolute atomic E-state index is 0.456. The third-order valence-corrected chi connectivity index (χ3v) is 3.61. The van der Waals surface area contributed by atoms with Crippen molar-refractivity contribution in [2.75, 3.05) is 27.2 Å². The Morgan fingerprint density at radius 3 is 2.56 bits per heavy atom. The van der Waals surface area contributed by atoms with E-state index in [9.17, 15) is 0 Å². The standard InChI is InChI=1S/C13H25ClN4/c1-6-15-11(7-8-17(3)4)9-12-10(2)16-18(5)13(12)14/h11,15H,6-9H2,1-5H3. The van der Waals surface area contributed by atoms with Crippen LogP contribution in [0.4, 0.5) is 0 Å². The van der Waals surface area contributed by atoms with Gasteiger partial charge in [0, 0.05) is 18.7 Å². The maximum Gasteiger partial charge on any atom is 0.130 e. The van der Waals surface area contributed by atoms with Gasteiger partial charge in [-0.2, -0.15) is 5.10 Å². The van der Waals surface area contributed by atoms with Crippen LogP contribution >= 0.6 is 11.6 Å². The molecule has 1 atom stereocenters. The van der Waals surface area contributed by atoms with Gasteiger partial charge < -0.3 is 10.2 Å². The van der Waals surface area contributed by atoms with Crippen LogP contribution in [0.1, 0.15) is 24.6 Å². The van der Waals surface area contributed by atoms with E-state index in [-0.39, 0.29) is 0 Å². The number of hydrogen-bond donors (Lipinski definition) is 1. The Kier molecular flexibility index (Phi) is 6.12. The fourth-order valence-electron chi connectivity index (χ4n) is 2.13. The predicted molar refractivity (Wildman–Crippen MR) is 77.3 cm³/mol. The normalized spacial score (nSPS) is 13.3. The van der Waals surface area contributed by atoms with Gasteiger partial charge in [-0.1, -0.05) is 18.5 Å². The van der Waals surface area contributed by atoms with Crippen LogP contribution in [-0.4, -0.2) is 47.9 Å². The van der Waals surface area contributed by atoms with Gasteiger partial charge in [-0.15, -0.1) is 0 Å². The van der Waals surface area contributed by atoms with E-state index < -0.39 is 0 Å². The van der Waals surface area contributed by atoms with Gasteiger partial charge in [0.2, 0.25) is 0 Å². The van der Waals surface area contributed by atoms with Crippen molar-refractivity contribution in [2.45, 2.75) is 32.7 Å². The zero-order valence-corrected chi connectivity index (χ0v) is 12.9. The molecule has 5 heteroatoms. The molecule has 0 aliphatic heterocycles. The molecular formula is C13H25ClN4. The Morgan fingerprint density at radius 1 is 1.44 bits per heavy atom. The van der Waals surface area contributed by atoms with E-state index in [1.54, 1.807) is 4.68 Å². The van der Waals surface area contributed by atoms with E-state index in [0.29, 0.717) is 6.04 Å². The molecular weight excluding hydrogens is 248 g/mol. The Hall–Kier alpha value is -0.580. The van der Waals surface area contributed by atoms with Crippen molar-refractivity contribution in [3.63, 3.8) is 0 Å². The van der Waals surface area contributed by atoms with Gasteiger partial charge in [0.15, 0.2) is 0 Å². The smallest absolute Gasteiger partial charge is 0.130 e. The molecule has 0 fully saturated rings. The summed E-state index contributed by atoms with van der Waals surface area (Å²) >= 11 is 6.28. The van der Waals surface area contributed by atoms with Gasteiger partial charge in [0.1, 0.15) is 5.15 Å². The summed E-state index contributed by atoms with van der Waals surface area (Å²) in [5.41, 5.74) is 2.21. The summed E-state index contributed by atoms with van der Waals surface area (Å²) < 4.78 is 1.75. The van der Waals surface area contributed by atoms with Crippen LogP contribution < -0.4 is 5.32 Å². The first kappa shape index (κ1) is 15.5. The number of nitrogens with zero attached hydrogens (tertiary/aromatic N) is 3. The third-order valence-electron chi connectivity index (χ3n) is 3.14. The lowest BCUT2D eigenvalue weighted by Crippen LogP contribution is -2.34. The molecule has 1 rings (SSSR count). The fourth-order valence-corrected chi connectivity index (χ4v) is 2.38. The molecule has 1 aromatic heterocycles. The zero-order chi connectivity index (χ0) is 13.7. The maximum absolute atomic E-state index is 6.28. The van der Waals surface area contributed by atoms with E-state index in [4.69, 9.17) is 11.6 Å². The zero-order valence-electron chi connectivity index (χ0n) is 12.1. The minimum atomic E-state index is 0.456. The number of rotatable bonds is 7. The molecule has 104 valence electrons. The molecule has 4 nitrogen and oxygen atoms in total. The quantitative estimate of drug-likeness (QED) is 0.822. The highest BCUT2D eigenvalue weighted by molar-refractivity contribution is 6.30. The lowest BCUT2D eigenvalue weighted by Gasteiger charge is -2.20. The highest BCUT2D eigenvalue weighted by atomic mass is 35.5. The SMILES string of the molecule is CCNC(CCN(C)C)Cc1c(C)nn(C)c1Cl. The number of hydrogen-bond acceptors (Lipinski definition) is 3. The van der Waals surface area contributed by atoms with Crippen molar-refractivity contribution in [3.8, 4) is 0 Å². The first-order chi connectivity index (χ1) is 8.45. The molecule has 0 aliphatic rings. The van der Waals surface area contributed by atoms with Crippen molar-refractivity contribution >= 4 is 11.6 Å². The van der Waals surface area contributed by atoms with Crippen molar-refractivity contribution < 1.29 is 0 Å². The molecule has 0 bridgehead atoms. The van der Waals surface area contributed by atoms with Crippen LogP contribution in [0.15, 0.2) is 0 Å². The number of nitrogens with one attached hydrogen (secondary N) is 1. The molecule has 0 radical (unpaired) electrons. The van der Waals surface area contributed by atoms with Crippen molar-refractivity contribution in [2.24, 2.45) is 7.05 Å². The Morgan fingerprint density at radius 2 is 2.11 bits per heavy atom. The van der Waals surface area contributed by atoms with Crippen LogP contribution in [0, 0.1) is 6.92 Å². The van der Waals surface area contributed by atoms with Crippen molar-refractivity contribution in [1.29, 1.82) is 0 Å². The molecule has 1 unspecified atom stereocenters. The van der Waals surface area contributed by atoms with Crippen molar-refractivity contribution in [1.82, 2.24) is 20.0 Å². The molecule has 1 aromatic rings. The second-order valence-corrected chi connectivity index (χ2v) is 5.39. The van der Waals surface area contributed by atoms with Crippen LogP contribution in [0.2, 0.25) is 5.15 Å². The average Bonchev–Trinajstić information content (AvgIpc) is 2.53. The number of halogens is 1. The topological polar surface area (TPSA) is 33.1 Å². The summed E-state index contributed by atoms with van der Waals surface area (Å²) in [6.07, 6.45) is 2.06. The van der Waals surface area contributed by atoms with Crippen LogP contribution in [0.3, 0.4) is 0 Å². The Labute approximate surface area is 115 Å². The summed E-state index contributed by atoms with van der Waals surface area (Å²) in [5.74, 6) is 0. The van der Waals surface area contributed by atoms with Gasteiger partial charge in [-0.05, 0) is 47.0 Å². The second-order valence-electron chi connectivity index (χ2n) is 5.03. The Balaban J connectivity index is 2.70. The molecule has 0 saturated heterocycles.